The van der Waals surface area contributed by atoms with E-state index in [2.05, 4.69) is 15.1 Å². The molecule has 3 aromatic heterocycles. The molecule has 0 radical (unpaired) electrons. The lowest BCUT2D eigenvalue weighted by Crippen LogP contribution is -1.91. The lowest BCUT2D eigenvalue weighted by Gasteiger charge is -1.94. The molecule has 6 heteroatoms. The number of thiophene rings is 1. The zero-order chi connectivity index (χ0) is 12.5. The third-order valence-electron chi connectivity index (χ3n) is 2.51. The van der Waals surface area contributed by atoms with E-state index in [0.717, 1.165) is 11.1 Å². The van der Waals surface area contributed by atoms with Crippen LogP contribution in [0.5, 0.6) is 0 Å². The van der Waals surface area contributed by atoms with E-state index in [1.807, 2.05) is 17.7 Å². The minimum absolute atomic E-state index is 0.378. The predicted octanol–water partition coefficient (Wildman–Crippen LogP) is 2.75. The Morgan fingerprint density at radius 3 is 2.83 bits per heavy atom. The van der Waals surface area contributed by atoms with Gasteiger partial charge in [0.2, 0.25) is 5.82 Å². The quantitative estimate of drug-likeness (QED) is 0.764. The van der Waals surface area contributed by atoms with Gasteiger partial charge in [0.15, 0.2) is 0 Å². The number of anilines is 1. The van der Waals surface area contributed by atoms with Crippen LogP contribution in [0.25, 0.3) is 23.0 Å². The molecule has 0 atom stereocenters. The van der Waals surface area contributed by atoms with Gasteiger partial charge in [-0.05, 0) is 30.0 Å². The standard InChI is InChI=1S/C12H10N4OS/c1-7-5-18-6-8(7)11-15-12(17-16-11)9-3-2-4-10(13)14-9/h2-6H,1H3,(H2,13,14). The van der Waals surface area contributed by atoms with Crippen molar-refractivity contribution in [1.29, 1.82) is 0 Å². The number of pyridine rings is 1. The van der Waals surface area contributed by atoms with Gasteiger partial charge >= 0.3 is 0 Å². The smallest absolute Gasteiger partial charge is 0.276 e. The second-order valence-corrected chi connectivity index (χ2v) is 4.58. The summed E-state index contributed by atoms with van der Waals surface area (Å²) in [5, 5.41) is 8.01. The molecule has 0 unspecified atom stereocenters. The van der Waals surface area contributed by atoms with Crippen molar-refractivity contribution in [2.45, 2.75) is 6.92 Å². The molecule has 0 aliphatic rings. The first-order valence-corrected chi connectivity index (χ1v) is 6.28. The van der Waals surface area contributed by atoms with Crippen LogP contribution in [-0.2, 0) is 0 Å². The molecule has 0 aliphatic carbocycles. The number of rotatable bonds is 2. The van der Waals surface area contributed by atoms with Crippen molar-refractivity contribution in [2.75, 3.05) is 5.73 Å². The molecule has 90 valence electrons. The summed E-state index contributed by atoms with van der Waals surface area (Å²) in [7, 11) is 0. The van der Waals surface area contributed by atoms with E-state index in [0.29, 0.717) is 23.2 Å². The van der Waals surface area contributed by atoms with Crippen LogP contribution in [0.2, 0.25) is 0 Å². The first-order chi connectivity index (χ1) is 8.74. The van der Waals surface area contributed by atoms with Crippen LogP contribution in [0, 0.1) is 6.92 Å². The third-order valence-corrected chi connectivity index (χ3v) is 3.37. The number of hydrogen-bond acceptors (Lipinski definition) is 6. The second-order valence-electron chi connectivity index (χ2n) is 3.84. The molecule has 3 heterocycles. The lowest BCUT2D eigenvalue weighted by molar-refractivity contribution is 0.431. The van der Waals surface area contributed by atoms with Crippen molar-refractivity contribution in [2.24, 2.45) is 0 Å². The van der Waals surface area contributed by atoms with Crippen LogP contribution in [0.1, 0.15) is 5.56 Å². The molecule has 0 saturated heterocycles. The molecule has 5 nitrogen and oxygen atoms in total. The maximum absolute atomic E-state index is 5.62. The van der Waals surface area contributed by atoms with Gasteiger partial charge in [-0.15, -0.1) is 0 Å². The van der Waals surface area contributed by atoms with Crippen molar-refractivity contribution >= 4 is 17.2 Å². The number of nitrogen functional groups attached to an aromatic ring is 1. The van der Waals surface area contributed by atoms with Crippen molar-refractivity contribution in [3.05, 3.63) is 34.5 Å². The van der Waals surface area contributed by atoms with E-state index in [4.69, 9.17) is 10.3 Å². The van der Waals surface area contributed by atoms with E-state index in [1.54, 1.807) is 29.5 Å². The first-order valence-electron chi connectivity index (χ1n) is 5.34. The van der Waals surface area contributed by atoms with Gasteiger partial charge in [-0.3, -0.25) is 0 Å². The Hall–Kier alpha value is -2.21. The Labute approximate surface area is 107 Å². The Morgan fingerprint density at radius 1 is 1.22 bits per heavy atom. The minimum atomic E-state index is 0.378. The van der Waals surface area contributed by atoms with E-state index in [-0.39, 0.29) is 0 Å². The van der Waals surface area contributed by atoms with E-state index in [1.165, 1.54) is 0 Å². The summed E-state index contributed by atoms with van der Waals surface area (Å²) in [6.07, 6.45) is 0. The average Bonchev–Trinajstić information content (AvgIpc) is 2.97. The maximum Gasteiger partial charge on any atom is 0.276 e. The Balaban J connectivity index is 2.02. The summed E-state index contributed by atoms with van der Waals surface area (Å²) < 4.78 is 5.21. The van der Waals surface area contributed by atoms with Crippen LogP contribution in [0.3, 0.4) is 0 Å². The fraction of sp³-hybridized carbons (Fsp3) is 0.0833. The number of aromatic nitrogens is 3. The second kappa shape index (κ2) is 4.23. The van der Waals surface area contributed by atoms with Crippen molar-refractivity contribution in [3.8, 4) is 23.0 Å². The normalized spacial score (nSPS) is 10.7. The summed E-state index contributed by atoms with van der Waals surface area (Å²) >= 11 is 1.61. The Bertz CT molecular complexity index is 689. The van der Waals surface area contributed by atoms with Gasteiger partial charge < -0.3 is 10.3 Å². The van der Waals surface area contributed by atoms with Gasteiger partial charge in [-0.2, -0.15) is 16.3 Å². The van der Waals surface area contributed by atoms with Crippen LogP contribution >= 0.6 is 11.3 Å². The lowest BCUT2D eigenvalue weighted by atomic mass is 10.2. The zero-order valence-electron chi connectivity index (χ0n) is 9.62. The number of aryl methyl sites for hydroxylation is 1. The highest BCUT2D eigenvalue weighted by Gasteiger charge is 2.13. The van der Waals surface area contributed by atoms with Gasteiger partial charge in [0, 0.05) is 10.9 Å². The Morgan fingerprint density at radius 2 is 2.11 bits per heavy atom. The average molecular weight is 258 g/mol. The number of nitrogens with two attached hydrogens (primary N) is 1. The monoisotopic (exact) mass is 258 g/mol. The predicted molar refractivity (Wildman–Crippen MR) is 70.0 cm³/mol. The molecule has 0 spiro atoms. The van der Waals surface area contributed by atoms with Crippen molar-refractivity contribution < 1.29 is 4.52 Å². The van der Waals surface area contributed by atoms with Crippen molar-refractivity contribution in [3.63, 3.8) is 0 Å². The van der Waals surface area contributed by atoms with E-state index in [9.17, 15) is 0 Å². The highest BCUT2D eigenvalue weighted by atomic mass is 32.1. The highest BCUT2D eigenvalue weighted by molar-refractivity contribution is 7.08. The van der Waals surface area contributed by atoms with E-state index >= 15 is 0 Å². The topological polar surface area (TPSA) is 77.8 Å². The summed E-state index contributed by atoms with van der Waals surface area (Å²) in [4.78, 5) is 8.48. The fourth-order valence-corrected chi connectivity index (χ4v) is 2.42. The molecule has 0 aliphatic heterocycles. The summed E-state index contributed by atoms with van der Waals surface area (Å²) in [6.45, 7) is 2.01. The first kappa shape index (κ1) is 10.9. The maximum atomic E-state index is 5.62. The molecule has 0 amide bonds. The molecular weight excluding hydrogens is 248 g/mol. The summed E-state index contributed by atoms with van der Waals surface area (Å²) in [6, 6.07) is 5.30. The van der Waals surface area contributed by atoms with Gasteiger partial charge in [0.25, 0.3) is 5.89 Å². The molecule has 0 bridgehead atoms. The molecule has 3 aromatic rings. The van der Waals surface area contributed by atoms with Crippen molar-refractivity contribution in [1.82, 2.24) is 15.1 Å². The molecule has 2 N–H and O–H groups in total. The molecule has 3 rings (SSSR count). The molecule has 0 saturated carbocycles. The van der Waals surface area contributed by atoms with Gasteiger partial charge in [-0.25, -0.2) is 4.98 Å². The third kappa shape index (κ3) is 1.86. The minimum Gasteiger partial charge on any atom is -0.384 e. The van der Waals surface area contributed by atoms with Gasteiger partial charge in [0.1, 0.15) is 11.5 Å². The van der Waals surface area contributed by atoms with Crippen LogP contribution in [-0.4, -0.2) is 15.1 Å². The summed E-state index contributed by atoms with van der Waals surface area (Å²) in [5.74, 6) is 1.38. The van der Waals surface area contributed by atoms with Gasteiger partial charge in [-0.1, -0.05) is 11.2 Å². The SMILES string of the molecule is Cc1cscc1-c1noc(-c2cccc(N)n2)n1. The number of hydrogen-bond donors (Lipinski definition) is 1. The van der Waals surface area contributed by atoms with E-state index < -0.39 is 0 Å². The fourth-order valence-electron chi connectivity index (χ4n) is 1.60. The molecule has 0 aromatic carbocycles. The Kier molecular flexibility index (Phi) is 2.56. The number of nitrogens with zero attached hydrogens (tertiary/aromatic N) is 3. The van der Waals surface area contributed by atoms with Gasteiger partial charge in [0.05, 0.1) is 0 Å². The molecular formula is C12H10N4OS. The molecule has 0 fully saturated rings. The zero-order valence-corrected chi connectivity index (χ0v) is 10.4. The van der Waals surface area contributed by atoms with Crippen LogP contribution < -0.4 is 5.73 Å². The molecule has 18 heavy (non-hydrogen) atoms. The largest absolute Gasteiger partial charge is 0.384 e. The van der Waals surface area contributed by atoms with Crippen LogP contribution in [0.15, 0.2) is 33.5 Å². The summed E-state index contributed by atoms with van der Waals surface area (Å²) in [5.41, 5.74) is 8.32. The highest BCUT2D eigenvalue weighted by Crippen LogP contribution is 2.26. The van der Waals surface area contributed by atoms with Crippen LogP contribution in [0.4, 0.5) is 5.82 Å².